The summed E-state index contributed by atoms with van der Waals surface area (Å²) in [5.74, 6) is -0.160. The minimum atomic E-state index is -1.00. The van der Waals surface area contributed by atoms with Gasteiger partial charge in [0.1, 0.15) is 0 Å². The van der Waals surface area contributed by atoms with Crippen LogP contribution in [0.4, 0.5) is 0 Å². The van der Waals surface area contributed by atoms with Gasteiger partial charge < -0.3 is 24.8 Å². The Bertz CT molecular complexity index is 1450. The van der Waals surface area contributed by atoms with Crippen LogP contribution in [0.5, 0.6) is 23.0 Å². The van der Waals surface area contributed by atoms with Crippen molar-refractivity contribution < 1.29 is 29.6 Å². The SMILES string of the molecule is COc1cc(/C=C/c2cc(/C=C/c3ccc(O)c(OC)c3)n(-c3ccc(C(=O)O)cc3)n2)ccc1O. The maximum Gasteiger partial charge on any atom is 0.335 e. The van der Waals surface area contributed by atoms with Crippen molar-refractivity contribution in [1.82, 2.24) is 9.78 Å². The molecular formula is C28H24N2O6. The third-order valence-corrected chi connectivity index (χ3v) is 5.42. The Morgan fingerprint density at radius 1 is 0.778 bits per heavy atom. The smallest absolute Gasteiger partial charge is 0.335 e. The fourth-order valence-corrected chi connectivity index (χ4v) is 3.53. The summed E-state index contributed by atoms with van der Waals surface area (Å²) in [5, 5.41) is 33.5. The third kappa shape index (κ3) is 5.39. The standard InChI is InChI=1S/C28H24N2O6/c1-35-26-15-18(5-13-24(26)31)3-9-21-17-23(10-4-19-6-14-25(32)27(16-19)36-2)30(29-21)22-11-7-20(8-12-22)28(33)34/h3-17,31-32H,1-2H3,(H,33,34)/b9-3+,10-4+. The van der Waals surface area contributed by atoms with Crippen molar-refractivity contribution in [2.24, 2.45) is 0 Å². The van der Waals surface area contributed by atoms with E-state index in [4.69, 9.17) is 9.47 Å². The number of aromatic carboxylic acids is 1. The molecule has 0 radical (unpaired) electrons. The molecule has 0 amide bonds. The number of rotatable bonds is 8. The zero-order chi connectivity index (χ0) is 25.7. The van der Waals surface area contributed by atoms with Crippen LogP contribution in [0.1, 0.15) is 32.9 Å². The quantitative estimate of drug-likeness (QED) is 0.309. The molecular weight excluding hydrogens is 460 g/mol. The summed E-state index contributed by atoms with van der Waals surface area (Å²) in [6.07, 6.45) is 7.40. The van der Waals surface area contributed by atoms with Gasteiger partial charge in [-0.2, -0.15) is 5.10 Å². The van der Waals surface area contributed by atoms with Crippen molar-refractivity contribution in [3.05, 3.63) is 94.8 Å². The number of ether oxygens (including phenoxy) is 2. The number of phenols is 2. The molecule has 3 N–H and O–H groups in total. The molecule has 0 saturated heterocycles. The second-order valence-electron chi connectivity index (χ2n) is 7.79. The van der Waals surface area contributed by atoms with Crippen LogP contribution in [0.3, 0.4) is 0 Å². The molecule has 0 fully saturated rings. The molecule has 1 aromatic heterocycles. The molecule has 0 aliphatic heterocycles. The van der Waals surface area contributed by atoms with Crippen LogP contribution in [0, 0.1) is 0 Å². The summed E-state index contributed by atoms with van der Waals surface area (Å²) >= 11 is 0. The zero-order valence-electron chi connectivity index (χ0n) is 19.6. The van der Waals surface area contributed by atoms with Crippen LogP contribution in [-0.4, -0.2) is 45.3 Å². The van der Waals surface area contributed by atoms with Crippen LogP contribution in [0.2, 0.25) is 0 Å². The normalized spacial score (nSPS) is 11.3. The van der Waals surface area contributed by atoms with E-state index < -0.39 is 5.97 Å². The number of carboxylic acid groups (broad SMARTS) is 1. The van der Waals surface area contributed by atoms with E-state index in [0.29, 0.717) is 22.9 Å². The maximum atomic E-state index is 11.2. The monoisotopic (exact) mass is 484 g/mol. The lowest BCUT2D eigenvalue weighted by molar-refractivity contribution is 0.0697. The summed E-state index contributed by atoms with van der Waals surface area (Å²) in [5.41, 5.74) is 3.90. The summed E-state index contributed by atoms with van der Waals surface area (Å²) in [6, 6.07) is 18.4. The Balaban J connectivity index is 1.71. The van der Waals surface area contributed by atoms with E-state index in [1.807, 2.05) is 30.4 Å². The van der Waals surface area contributed by atoms with E-state index in [1.54, 1.807) is 53.2 Å². The highest BCUT2D eigenvalue weighted by Gasteiger charge is 2.09. The van der Waals surface area contributed by atoms with Gasteiger partial charge in [-0.1, -0.05) is 24.3 Å². The Labute approximate surface area is 207 Å². The lowest BCUT2D eigenvalue weighted by Crippen LogP contribution is -2.01. The first-order valence-electron chi connectivity index (χ1n) is 10.9. The molecule has 0 unspecified atom stereocenters. The van der Waals surface area contributed by atoms with E-state index >= 15 is 0 Å². The number of carboxylic acids is 1. The Kier molecular flexibility index (Phi) is 7.06. The first-order chi connectivity index (χ1) is 17.4. The van der Waals surface area contributed by atoms with Gasteiger partial charge in [0.15, 0.2) is 23.0 Å². The van der Waals surface area contributed by atoms with Gasteiger partial charge in [-0.15, -0.1) is 0 Å². The fraction of sp³-hybridized carbons (Fsp3) is 0.0714. The number of aromatic hydroxyl groups is 2. The van der Waals surface area contributed by atoms with E-state index in [-0.39, 0.29) is 17.1 Å². The van der Waals surface area contributed by atoms with Crippen LogP contribution >= 0.6 is 0 Å². The van der Waals surface area contributed by atoms with Gasteiger partial charge >= 0.3 is 5.97 Å². The number of phenolic OH excluding ortho intramolecular Hbond substituents is 2. The fourth-order valence-electron chi connectivity index (χ4n) is 3.53. The highest BCUT2D eigenvalue weighted by Crippen LogP contribution is 2.28. The van der Waals surface area contributed by atoms with Crippen LogP contribution < -0.4 is 9.47 Å². The van der Waals surface area contributed by atoms with Gasteiger partial charge in [-0.25, -0.2) is 9.48 Å². The minimum Gasteiger partial charge on any atom is -0.504 e. The average molecular weight is 485 g/mol. The molecule has 36 heavy (non-hydrogen) atoms. The molecule has 8 nitrogen and oxygen atoms in total. The second-order valence-corrected chi connectivity index (χ2v) is 7.79. The molecule has 182 valence electrons. The Morgan fingerprint density at radius 3 is 1.86 bits per heavy atom. The van der Waals surface area contributed by atoms with Crippen molar-refractivity contribution >= 4 is 30.3 Å². The average Bonchev–Trinajstić information content (AvgIpc) is 3.30. The summed E-state index contributed by atoms with van der Waals surface area (Å²) in [4.78, 5) is 11.2. The maximum absolute atomic E-state index is 11.2. The summed E-state index contributed by atoms with van der Waals surface area (Å²) < 4.78 is 12.0. The van der Waals surface area contributed by atoms with Gasteiger partial charge in [0, 0.05) is 0 Å². The molecule has 0 bridgehead atoms. The number of benzene rings is 3. The van der Waals surface area contributed by atoms with E-state index in [0.717, 1.165) is 16.8 Å². The minimum absolute atomic E-state index is 0.0523. The Hall–Kier alpha value is -4.98. The van der Waals surface area contributed by atoms with Crippen LogP contribution in [-0.2, 0) is 0 Å². The van der Waals surface area contributed by atoms with Crippen molar-refractivity contribution in [3.8, 4) is 28.7 Å². The predicted octanol–water partition coefficient (Wildman–Crippen LogP) is 5.34. The highest BCUT2D eigenvalue weighted by atomic mass is 16.5. The molecule has 4 rings (SSSR count). The topological polar surface area (TPSA) is 114 Å². The van der Waals surface area contributed by atoms with E-state index in [1.165, 1.54) is 26.4 Å². The van der Waals surface area contributed by atoms with Crippen molar-refractivity contribution in [2.45, 2.75) is 0 Å². The first-order valence-corrected chi connectivity index (χ1v) is 10.9. The van der Waals surface area contributed by atoms with E-state index in [2.05, 4.69) is 5.10 Å². The number of carbonyl (C=O) groups is 1. The molecule has 1 heterocycles. The molecule has 0 aliphatic rings. The predicted molar refractivity (Wildman–Crippen MR) is 138 cm³/mol. The third-order valence-electron chi connectivity index (χ3n) is 5.42. The number of methoxy groups -OCH3 is 2. The van der Waals surface area contributed by atoms with Gasteiger partial charge in [0.05, 0.1) is 36.9 Å². The molecule has 0 saturated carbocycles. The van der Waals surface area contributed by atoms with Gasteiger partial charge in [0.25, 0.3) is 0 Å². The number of hydrogen-bond donors (Lipinski definition) is 3. The lowest BCUT2D eigenvalue weighted by atomic mass is 10.1. The number of hydrogen-bond acceptors (Lipinski definition) is 6. The number of aromatic nitrogens is 2. The lowest BCUT2D eigenvalue weighted by Gasteiger charge is -2.06. The van der Waals surface area contributed by atoms with Crippen molar-refractivity contribution in [3.63, 3.8) is 0 Å². The largest absolute Gasteiger partial charge is 0.504 e. The van der Waals surface area contributed by atoms with E-state index in [9.17, 15) is 20.1 Å². The highest BCUT2D eigenvalue weighted by molar-refractivity contribution is 5.87. The van der Waals surface area contributed by atoms with Crippen LogP contribution in [0.15, 0.2) is 66.7 Å². The van der Waals surface area contributed by atoms with Gasteiger partial charge in [0.2, 0.25) is 0 Å². The second kappa shape index (κ2) is 10.5. The van der Waals surface area contributed by atoms with Gasteiger partial charge in [-0.3, -0.25) is 0 Å². The van der Waals surface area contributed by atoms with Crippen molar-refractivity contribution in [1.29, 1.82) is 0 Å². The molecule has 3 aromatic carbocycles. The van der Waals surface area contributed by atoms with Gasteiger partial charge in [-0.05, 0) is 77.9 Å². The molecule has 0 atom stereocenters. The molecule has 4 aromatic rings. The summed E-state index contributed by atoms with van der Waals surface area (Å²) in [6.45, 7) is 0. The van der Waals surface area contributed by atoms with Crippen LogP contribution in [0.25, 0.3) is 30.0 Å². The van der Waals surface area contributed by atoms with Crippen molar-refractivity contribution in [2.75, 3.05) is 14.2 Å². The molecule has 8 heteroatoms. The molecule has 0 spiro atoms. The molecule has 0 aliphatic carbocycles. The zero-order valence-corrected chi connectivity index (χ0v) is 19.6. The Morgan fingerprint density at radius 2 is 1.33 bits per heavy atom. The first kappa shape index (κ1) is 24.2. The summed E-state index contributed by atoms with van der Waals surface area (Å²) in [7, 11) is 2.98. The number of nitrogens with zero attached hydrogens (tertiary/aromatic N) is 2.